The number of pyridine rings is 1. The van der Waals surface area contributed by atoms with Crippen LogP contribution in [0, 0.1) is 0 Å². The Bertz CT molecular complexity index is 879. The van der Waals surface area contributed by atoms with Crippen LogP contribution in [-0.2, 0) is 7.05 Å². The fourth-order valence-electron chi connectivity index (χ4n) is 2.01. The lowest BCUT2D eigenvalue weighted by Gasteiger charge is -2.16. The average Bonchev–Trinajstić information content (AvgIpc) is 2.58. The maximum absolute atomic E-state index is 12.1. The van der Waals surface area contributed by atoms with Crippen LogP contribution in [0.3, 0.4) is 0 Å². The van der Waals surface area contributed by atoms with E-state index in [4.69, 9.17) is 17.4 Å². The van der Waals surface area contributed by atoms with Gasteiger partial charge in [-0.3, -0.25) is 4.57 Å². The van der Waals surface area contributed by atoms with E-state index in [9.17, 15) is 4.79 Å². The Morgan fingerprint density at radius 3 is 2.52 bits per heavy atom. The van der Waals surface area contributed by atoms with Crippen LogP contribution in [0.15, 0.2) is 53.5 Å². The van der Waals surface area contributed by atoms with Crippen LogP contribution in [0.1, 0.15) is 0 Å². The average molecular weight is 329 g/mol. The summed E-state index contributed by atoms with van der Waals surface area (Å²) in [5, 5.41) is 1.77. The number of aromatic nitrogens is 4. The molecule has 8 heteroatoms. The van der Waals surface area contributed by atoms with E-state index >= 15 is 0 Å². The summed E-state index contributed by atoms with van der Waals surface area (Å²) in [6.07, 6.45) is 1.59. The molecule has 2 aromatic heterocycles. The van der Waals surface area contributed by atoms with Gasteiger partial charge in [0.05, 0.1) is 0 Å². The van der Waals surface area contributed by atoms with Gasteiger partial charge in [-0.05, 0) is 36.4 Å². The Hall–Kier alpha value is -2.77. The summed E-state index contributed by atoms with van der Waals surface area (Å²) in [5.41, 5.74) is 0.262. The fraction of sp³-hybridized carbons (Fsp3) is 0.0667. The highest BCUT2D eigenvalue weighted by atomic mass is 35.5. The molecule has 2 heterocycles. The van der Waals surface area contributed by atoms with Crippen molar-refractivity contribution in [3.8, 4) is 11.4 Å². The smallest absolute Gasteiger partial charge is 0.279 e. The summed E-state index contributed by atoms with van der Waals surface area (Å²) < 4.78 is 1.35. The minimum Gasteiger partial charge on any atom is -0.279 e. The van der Waals surface area contributed by atoms with Gasteiger partial charge in [0.15, 0.2) is 0 Å². The van der Waals surface area contributed by atoms with Crippen molar-refractivity contribution in [1.82, 2.24) is 19.5 Å². The zero-order valence-electron chi connectivity index (χ0n) is 12.2. The van der Waals surface area contributed by atoms with E-state index in [1.165, 1.54) is 9.58 Å². The Labute approximate surface area is 137 Å². The van der Waals surface area contributed by atoms with Gasteiger partial charge in [0.2, 0.25) is 0 Å². The van der Waals surface area contributed by atoms with Crippen molar-refractivity contribution in [3.05, 3.63) is 64.2 Å². The number of anilines is 2. The minimum absolute atomic E-state index is 0.0664. The number of halogens is 1. The molecule has 0 atom stereocenters. The highest BCUT2D eigenvalue weighted by Crippen LogP contribution is 2.21. The molecule has 7 nitrogen and oxygen atoms in total. The first-order valence-electron chi connectivity index (χ1n) is 6.73. The molecule has 0 aliphatic rings. The first kappa shape index (κ1) is 15.1. The molecular formula is C15H13ClN6O. The van der Waals surface area contributed by atoms with E-state index in [1.54, 1.807) is 55.7 Å². The highest BCUT2D eigenvalue weighted by molar-refractivity contribution is 6.30. The van der Waals surface area contributed by atoms with Gasteiger partial charge in [0, 0.05) is 23.8 Å². The maximum atomic E-state index is 12.1. The third-order valence-corrected chi connectivity index (χ3v) is 3.47. The molecule has 0 radical (unpaired) electrons. The van der Waals surface area contributed by atoms with Crippen LogP contribution >= 0.6 is 11.6 Å². The fourth-order valence-corrected chi connectivity index (χ4v) is 2.14. The molecule has 2 N–H and O–H groups in total. The van der Waals surface area contributed by atoms with E-state index in [0.29, 0.717) is 16.7 Å². The van der Waals surface area contributed by atoms with Crippen LogP contribution in [0.2, 0.25) is 5.02 Å². The lowest BCUT2D eigenvalue weighted by atomic mass is 10.2. The zero-order valence-corrected chi connectivity index (χ0v) is 13.0. The lowest BCUT2D eigenvalue weighted by molar-refractivity contribution is 0.770. The summed E-state index contributed by atoms with van der Waals surface area (Å²) in [5.74, 6) is 6.92. The standard InChI is InChI=1S/C15H13ClN6O/c1-21-13(10-5-7-11(16)8-6-10)19-14(20-15(21)23)22(17)12-4-2-3-9-18-12/h2-9H,17H2,1H3. The van der Waals surface area contributed by atoms with E-state index in [2.05, 4.69) is 15.0 Å². The third-order valence-electron chi connectivity index (χ3n) is 3.22. The van der Waals surface area contributed by atoms with Gasteiger partial charge in [-0.25, -0.2) is 20.6 Å². The molecule has 0 aliphatic carbocycles. The predicted octanol–water partition coefficient (Wildman–Crippen LogP) is 1.90. The zero-order chi connectivity index (χ0) is 16.4. The summed E-state index contributed by atoms with van der Waals surface area (Å²) in [4.78, 5) is 24.5. The molecule has 0 bridgehead atoms. The van der Waals surface area contributed by atoms with Crippen molar-refractivity contribution >= 4 is 23.4 Å². The second-order valence-electron chi connectivity index (χ2n) is 4.75. The summed E-state index contributed by atoms with van der Waals surface area (Å²) >= 11 is 5.89. The highest BCUT2D eigenvalue weighted by Gasteiger charge is 2.14. The molecule has 1 aromatic carbocycles. The number of hydrogen-bond acceptors (Lipinski definition) is 6. The molecule has 0 saturated heterocycles. The van der Waals surface area contributed by atoms with Gasteiger partial charge in [-0.2, -0.15) is 9.97 Å². The molecule has 0 aliphatic heterocycles. The Morgan fingerprint density at radius 1 is 1.13 bits per heavy atom. The largest absolute Gasteiger partial charge is 0.352 e. The van der Waals surface area contributed by atoms with Crippen molar-refractivity contribution in [2.45, 2.75) is 0 Å². The summed E-state index contributed by atoms with van der Waals surface area (Å²) in [6, 6.07) is 12.2. The van der Waals surface area contributed by atoms with E-state index in [-0.39, 0.29) is 5.95 Å². The maximum Gasteiger partial charge on any atom is 0.352 e. The number of hydrogen-bond donors (Lipinski definition) is 1. The molecular weight excluding hydrogens is 316 g/mol. The van der Waals surface area contributed by atoms with Crippen molar-refractivity contribution in [3.63, 3.8) is 0 Å². The van der Waals surface area contributed by atoms with E-state index in [1.807, 2.05) is 0 Å². The minimum atomic E-state index is -0.466. The number of nitrogens with two attached hydrogens (primary N) is 1. The first-order valence-corrected chi connectivity index (χ1v) is 7.11. The Kier molecular flexibility index (Phi) is 4.05. The summed E-state index contributed by atoms with van der Waals surface area (Å²) in [6.45, 7) is 0. The second-order valence-corrected chi connectivity index (χ2v) is 5.19. The Balaban J connectivity index is 2.10. The van der Waals surface area contributed by atoms with Gasteiger partial charge in [-0.1, -0.05) is 17.7 Å². The van der Waals surface area contributed by atoms with Gasteiger partial charge in [0.1, 0.15) is 11.6 Å². The summed E-state index contributed by atoms with van der Waals surface area (Å²) in [7, 11) is 1.59. The van der Waals surface area contributed by atoms with Gasteiger partial charge >= 0.3 is 5.69 Å². The van der Waals surface area contributed by atoms with Gasteiger partial charge in [-0.15, -0.1) is 0 Å². The third kappa shape index (κ3) is 3.05. The molecule has 0 unspecified atom stereocenters. The van der Waals surface area contributed by atoms with Gasteiger partial charge in [0.25, 0.3) is 5.95 Å². The van der Waals surface area contributed by atoms with Crippen molar-refractivity contribution in [1.29, 1.82) is 0 Å². The lowest BCUT2D eigenvalue weighted by Crippen LogP contribution is -2.33. The molecule has 116 valence electrons. The number of hydrazine groups is 1. The topological polar surface area (TPSA) is 89.9 Å². The molecule has 0 saturated carbocycles. The molecule has 0 spiro atoms. The van der Waals surface area contributed by atoms with E-state index < -0.39 is 5.69 Å². The van der Waals surface area contributed by atoms with Crippen molar-refractivity contribution < 1.29 is 0 Å². The monoisotopic (exact) mass is 328 g/mol. The first-order chi connectivity index (χ1) is 11.1. The van der Waals surface area contributed by atoms with Crippen LogP contribution in [0.5, 0.6) is 0 Å². The molecule has 0 amide bonds. The second kappa shape index (κ2) is 6.15. The van der Waals surface area contributed by atoms with Gasteiger partial charge < -0.3 is 0 Å². The van der Waals surface area contributed by atoms with Crippen molar-refractivity contribution in [2.24, 2.45) is 12.9 Å². The molecule has 0 fully saturated rings. The van der Waals surface area contributed by atoms with Crippen LogP contribution in [0.4, 0.5) is 11.8 Å². The number of nitrogens with zero attached hydrogens (tertiary/aromatic N) is 5. The van der Waals surface area contributed by atoms with Crippen LogP contribution in [-0.4, -0.2) is 19.5 Å². The van der Waals surface area contributed by atoms with Crippen LogP contribution < -0.4 is 16.5 Å². The SMILES string of the molecule is Cn1c(-c2ccc(Cl)cc2)nc(N(N)c2ccccn2)nc1=O. The van der Waals surface area contributed by atoms with Crippen molar-refractivity contribution in [2.75, 3.05) is 5.01 Å². The number of benzene rings is 1. The number of rotatable bonds is 3. The predicted molar refractivity (Wildman–Crippen MR) is 88.3 cm³/mol. The molecule has 3 aromatic rings. The van der Waals surface area contributed by atoms with E-state index in [0.717, 1.165) is 5.56 Å². The van der Waals surface area contributed by atoms with Crippen LogP contribution in [0.25, 0.3) is 11.4 Å². The normalized spacial score (nSPS) is 10.6. The quantitative estimate of drug-likeness (QED) is 0.583. The molecule has 23 heavy (non-hydrogen) atoms. The Morgan fingerprint density at radius 2 is 1.87 bits per heavy atom. The molecule has 3 rings (SSSR count).